The third-order valence-electron chi connectivity index (χ3n) is 3.97. The average Bonchev–Trinajstić information content (AvgIpc) is 3.07. The Kier molecular flexibility index (Phi) is 5.02. The van der Waals surface area contributed by atoms with Gasteiger partial charge in [-0.15, -0.1) is 0 Å². The molecule has 2 N–H and O–H groups in total. The summed E-state index contributed by atoms with van der Waals surface area (Å²) in [6, 6.07) is 7.55. The van der Waals surface area contributed by atoms with Crippen molar-refractivity contribution in [3.8, 4) is 11.5 Å². The standard InChI is InChI=1S/C18H22N4O3/c1-4-11(2)20-18(23)14-8-17(22-12(3)21-14)19-9-13-5-6-15-16(7-13)25-10-24-15/h5-8,11H,4,9-10H2,1-3H3,(H,20,23)(H,19,21,22). The summed E-state index contributed by atoms with van der Waals surface area (Å²) >= 11 is 0. The summed E-state index contributed by atoms with van der Waals surface area (Å²) in [4.78, 5) is 20.8. The maximum Gasteiger partial charge on any atom is 0.270 e. The van der Waals surface area contributed by atoms with E-state index >= 15 is 0 Å². The van der Waals surface area contributed by atoms with Crippen molar-refractivity contribution < 1.29 is 14.3 Å². The molecule has 1 aromatic heterocycles. The number of hydrogen-bond acceptors (Lipinski definition) is 6. The molecule has 0 aliphatic carbocycles. The van der Waals surface area contributed by atoms with Gasteiger partial charge in [-0.25, -0.2) is 9.97 Å². The van der Waals surface area contributed by atoms with Crippen LogP contribution in [0.2, 0.25) is 0 Å². The molecule has 0 saturated heterocycles. The number of nitrogens with one attached hydrogen (secondary N) is 2. The summed E-state index contributed by atoms with van der Waals surface area (Å²) in [7, 11) is 0. The number of carbonyl (C=O) groups is 1. The second-order valence-corrected chi connectivity index (χ2v) is 6.01. The molecule has 1 amide bonds. The number of ether oxygens (including phenoxy) is 2. The van der Waals surface area contributed by atoms with Gasteiger partial charge in [0.1, 0.15) is 17.3 Å². The summed E-state index contributed by atoms with van der Waals surface area (Å²) in [5.41, 5.74) is 1.40. The van der Waals surface area contributed by atoms with Gasteiger partial charge in [-0.2, -0.15) is 0 Å². The van der Waals surface area contributed by atoms with Gasteiger partial charge in [0.25, 0.3) is 5.91 Å². The van der Waals surface area contributed by atoms with Crippen molar-refractivity contribution >= 4 is 11.7 Å². The predicted octanol–water partition coefficient (Wildman–Crippen LogP) is 2.65. The Labute approximate surface area is 146 Å². The molecule has 7 nitrogen and oxygen atoms in total. The van der Waals surface area contributed by atoms with E-state index in [0.717, 1.165) is 23.5 Å². The largest absolute Gasteiger partial charge is 0.454 e. The molecule has 2 heterocycles. The topological polar surface area (TPSA) is 85.4 Å². The molecule has 1 aliphatic heterocycles. The van der Waals surface area contributed by atoms with E-state index in [1.807, 2.05) is 32.0 Å². The fourth-order valence-electron chi connectivity index (χ4n) is 2.42. The van der Waals surface area contributed by atoms with Crippen molar-refractivity contribution in [1.82, 2.24) is 15.3 Å². The molecule has 2 aromatic rings. The van der Waals surface area contributed by atoms with Crippen LogP contribution in [0.5, 0.6) is 11.5 Å². The zero-order chi connectivity index (χ0) is 17.8. The molecule has 1 aromatic carbocycles. The van der Waals surface area contributed by atoms with Crippen LogP contribution in [-0.4, -0.2) is 28.7 Å². The Hall–Kier alpha value is -2.83. The number of fused-ring (bicyclic) bond motifs is 1. The number of hydrogen-bond donors (Lipinski definition) is 2. The van der Waals surface area contributed by atoms with Gasteiger partial charge in [-0.1, -0.05) is 13.0 Å². The molecule has 0 bridgehead atoms. The van der Waals surface area contributed by atoms with Crippen LogP contribution < -0.4 is 20.1 Å². The molecule has 1 atom stereocenters. The van der Waals surface area contributed by atoms with Crippen molar-refractivity contribution in [3.63, 3.8) is 0 Å². The summed E-state index contributed by atoms with van der Waals surface area (Å²) in [6.07, 6.45) is 0.866. The van der Waals surface area contributed by atoms with Gasteiger partial charge in [-0.05, 0) is 38.0 Å². The van der Waals surface area contributed by atoms with Crippen LogP contribution in [0.3, 0.4) is 0 Å². The molecule has 0 fully saturated rings. The third kappa shape index (κ3) is 4.17. The lowest BCUT2D eigenvalue weighted by atomic mass is 10.2. The lowest BCUT2D eigenvalue weighted by Gasteiger charge is -2.12. The molecule has 132 valence electrons. The van der Waals surface area contributed by atoms with Crippen molar-refractivity contribution in [3.05, 3.63) is 41.3 Å². The lowest BCUT2D eigenvalue weighted by Crippen LogP contribution is -2.32. The van der Waals surface area contributed by atoms with Gasteiger partial charge in [0, 0.05) is 18.7 Å². The Balaban J connectivity index is 1.69. The molecule has 0 radical (unpaired) electrons. The van der Waals surface area contributed by atoms with Gasteiger partial charge < -0.3 is 20.1 Å². The van der Waals surface area contributed by atoms with Crippen LogP contribution in [0.25, 0.3) is 0 Å². The fraction of sp³-hybridized carbons (Fsp3) is 0.389. The highest BCUT2D eigenvalue weighted by molar-refractivity contribution is 5.93. The number of amides is 1. The van der Waals surface area contributed by atoms with Gasteiger partial charge >= 0.3 is 0 Å². The number of aryl methyl sites for hydroxylation is 1. The summed E-state index contributed by atoms with van der Waals surface area (Å²) in [5, 5.41) is 6.14. The number of rotatable bonds is 6. The molecule has 1 unspecified atom stereocenters. The monoisotopic (exact) mass is 342 g/mol. The number of aromatic nitrogens is 2. The van der Waals surface area contributed by atoms with Crippen LogP contribution in [-0.2, 0) is 6.54 Å². The molecule has 1 aliphatic rings. The first kappa shape index (κ1) is 17.0. The number of carbonyl (C=O) groups excluding carboxylic acids is 1. The minimum absolute atomic E-state index is 0.104. The van der Waals surface area contributed by atoms with Crippen LogP contribution in [0.15, 0.2) is 24.3 Å². The zero-order valence-corrected chi connectivity index (χ0v) is 14.6. The third-order valence-corrected chi connectivity index (χ3v) is 3.97. The van der Waals surface area contributed by atoms with Gasteiger partial charge in [0.2, 0.25) is 6.79 Å². The van der Waals surface area contributed by atoms with Crippen LogP contribution in [0.4, 0.5) is 5.82 Å². The van der Waals surface area contributed by atoms with E-state index in [9.17, 15) is 4.79 Å². The Morgan fingerprint density at radius 1 is 1.24 bits per heavy atom. The van der Waals surface area contributed by atoms with Crippen molar-refractivity contribution in [2.75, 3.05) is 12.1 Å². The molecule has 7 heteroatoms. The first-order valence-corrected chi connectivity index (χ1v) is 8.34. The predicted molar refractivity (Wildman–Crippen MR) is 93.9 cm³/mol. The first-order chi connectivity index (χ1) is 12.0. The number of benzene rings is 1. The quantitative estimate of drug-likeness (QED) is 0.839. The van der Waals surface area contributed by atoms with Crippen LogP contribution in [0.1, 0.15) is 42.1 Å². The zero-order valence-electron chi connectivity index (χ0n) is 14.6. The lowest BCUT2D eigenvalue weighted by molar-refractivity contribution is 0.0934. The minimum Gasteiger partial charge on any atom is -0.454 e. The highest BCUT2D eigenvalue weighted by Crippen LogP contribution is 2.32. The normalized spacial score (nSPS) is 13.4. The molecular weight excluding hydrogens is 320 g/mol. The highest BCUT2D eigenvalue weighted by atomic mass is 16.7. The molecule has 0 spiro atoms. The number of anilines is 1. The van der Waals surface area contributed by atoms with E-state index < -0.39 is 0 Å². The van der Waals surface area contributed by atoms with E-state index in [0.29, 0.717) is 23.9 Å². The summed E-state index contributed by atoms with van der Waals surface area (Å²) in [6.45, 7) is 6.57. The smallest absolute Gasteiger partial charge is 0.270 e. The SMILES string of the molecule is CCC(C)NC(=O)c1cc(NCc2ccc3c(c2)OCO3)nc(C)n1. The minimum atomic E-state index is -0.189. The molecule has 0 saturated carbocycles. The molecular formula is C18H22N4O3. The Morgan fingerprint density at radius 2 is 2.04 bits per heavy atom. The van der Waals surface area contributed by atoms with E-state index in [1.165, 1.54) is 0 Å². The number of nitrogens with zero attached hydrogens (tertiary/aromatic N) is 2. The van der Waals surface area contributed by atoms with Crippen LogP contribution in [0, 0.1) is 6.92 Å². The second-order valence-electron chi connectivity index (χ2n) is 6.01. The Bertz CT molecular complexity index is 779. The molecule has 25 heavy (non-hydrogen) atoms. The average molecular weight is 342 g/mol. The Morgan fingerprint density at radius 3 is 2.84 bits per heavy atom. The first-order valence-electron chi connectivity index (χ1n) is 8.34. The highest BCUT2D eigenvalue weighted by Gasteiger charge is 2.14. The van der Waals surface area contributed by atoms with Gasteiger partial charge in [0.15, 0.2) is 11.5 Å². The van der Waals surface area contributed by atoms with E-state index in [2.05, 4.69) is 20.6 Å². The van der Waals surface area contributed by atoms with E-state index in [1.54, 1.807) is 13.0 Å². The molecule has 3 rings (SSSR count). The summed E-state index contributed by atoms with van der Waals surface area (Å²) < 4.78 is 10.7. The van der Waals surface area contributed by atoms with Crippen LogP contribution >= 0.6 is 0 Å². The van der Waals surface area contributed by atoms with Gasteiger partial charge in [0.05, 0.1) is 0 Å². The van der Waals surface area contributed by atoms with Crippen molar-refractivity contribution in [1.29, 1.82) is 0 Å². The fourth-order valence-corrected chi connectivity index (χ4v) is 2.42. The van der Waals surface area contributed by atoms with Crippen molar-refractivity contribution in [2.45, 2.75) is 39.8 Å². The van der Waals surface area contributed by atoms with E-state index in [-0.39, 0.29) is 18.7 Å². The second kappa shape index (κ2) is 7.38. The van der Waals surface area contributed by atoms with E-state index in [4.69, 9.17) is 9.47 Å². The maximum absolute atomic E-state index is 12.3. The van der Waals surface area contributed by atoms with Gasteiger partial charge in [-0.3, -0.25) is 4.79 Å². The summed E-state index contributed by atoms with van der Waals surface area (Å²) in [5.74, 6) is 2.47. The maximum atomic E-state index is 12.3. The van der Waals surface area contributed by atoms with Crippen molar-refractivity contribution in [2.24, 2.45) is 0 Å².